The summed E-state index contributed by atoms with van der Waals surface area (Å²) in [7, 11) is 0. The van der Waals surface area contributed by atoms with Gasteiger partial charge in [-0.2, -0.15) is 0 Å². The molecule has 0 fully saturated rings. The van der Waals surface area contributed by atoms with E-state index in [-0.39, 0.29) is 6.61 Å². The Labute approximate surface area is 89.6 Å². The van der Waals surface area contributed by atoms with Crippen LogP contribution < -0.4 is 5.73 Å². The van der Waals surface area contributed by atoms with E-state index in [1.807, 2.05) is 18.2 Å². The third-order valence-electron chi connectivity index (χ3n) is 2.18. The van der Waals surface area contributed by atoms with Crippen LogP contribution in [0, 0.1) is 0 Å². The molecule has 14 heavy (non-hydrogen) atoms. The zero-order valence-electron chi connectivity index (χ0n) is 7.40. The minimum Gasteiger partial charge on any atom is -0.463 e. The third-order valence-corrected chi connectivity index (χ3v) is 2.79. The molecule has 1 atom stereocenters. The molecule has 0 aliphatic rings. The highest BCUT2D eigenvalue weighted by Gasteiger charge is 2.12. The summed E-state index contributed by atoms with van der Waals surface area (Å²) < 4.78 is 6.27. The van der Waals surface area contributed by atoms with Crippen molar-refractivity contribution in [3.63, 3.8) is 0 Å². The van der Waals surface area contributed by atoms with Crippen LogP contribution >= 0.6 is 15.9 Å². The summed E-state index contributed by atoms with van der Waals surface area (Å²) >= 11 is 3.37. The lowest BCUT2D eigenvalue weighted by atomic mass is 10.1. The van der Waals surface area contributed by atoms with Crippen molar-refractivity contribution in [2.24, 2.45) is 5.73 Å². The Bertz CT molecular complexity index is 452. The van der Waals surface area contributed by atoms with Crippen LogP contribution in [-0.4, -0.2) is 11.7 Å². The second-order valence-corrected chi connectivity index (χ2v) is 3.95. The fourth-order valence-corrected chi connectivity index (χ4v) is 1.84. The molecule has 0 amide bonds. The summed E-state index contributed by atoms with van der Waals surface area (Å²) in [5.74, 6) is 0. The van der Waals surface area contributed by atoms with E-state index in [1.54, 1.807) is 6.26 Å². The van der Waals surface area contributed by atoms with Crippen molar-refractivity contribution in [2.45, 2.75) is 6.04 Å². The van der Waals surface area contributed by atoms with E-state index in [1.165, 1.54) is 0 Å². The molecule has 0 radical (unpaired) electrons. The van der Waals surface area contributed by atoms with Gasteiger partial charge in [-0.05, 0) is 22.0 Å². The minimum absolute atomic E-state index is 0.0859. The normalized spacial score (nSPS) is 13.4. The predicted molar refractivity (Wildman–Crippen MR) is 57.9 cm³/mol. The van der Waals surface area contributed by atoms with Crippen molar-refractivity contribution >= 4 is 26.9 Å². The Balaban J connectivity index is 2.65. The van der Waals surface area contributed by atoms with Crippen molar-refractivity contribution < 1.29 is 9.52 Å². The van der Waals surface area contributed by atoms with Gasteiger partial charge in [-0.1, -0.05) is 12.1 Å². The second kappa shape index (κ2) is 3.73. The number of benzene rings is 1. The van der Waals surface area contributed by atoms with Gasteiger partial charge < -0.3 is 15.3 Å². The summed E-state index contributed by atoms with van der Waals surface area (Å²) in [6, 6.07) is 5.31. The highest BCUT2D eigenvalue weighted by atomic mass is 79.9. The molecule has 3 N–H and O–H groups in total. The maximum Gasteiger partial charge on any atom is 0.139 e. The van der Waals surface area contributed by atoms with Crippen LogP contribution in [0.25, 0.3) is 11.0 Å². The third kappa shape index (κ3) is 1.45. The molecule has 0 aliphatic carbocycles. The number of fused-ring (bicyclic) bond motifs is 1. The summed E-state index contributed by atoms with van der Waals surface area (Å²) in [5, 5.41) is 9.95. The Kier molecular flexibility index (Phi) is 2.58. The van der Waals surface area contributed by atoms with Gasteiger partial charge in [0, 0.05) is 10.9 Å². The van der Waals surface area contributed by atoms with Crippen molar-refractivity contribution in [2.75, 3.05) is 6.61 Å². The zero-order chi connectivity index (χ0) is 10.1. The monoisotopic (exact) mass is 255 g/mol. The van der Waals surface area contributed by atoms with E-state index in [2.05, 4.69) is 15.9 Å². The molecule has 3 nitrogen and oxygen atoms in total. The average Bonchev–Trinajstić information content (AvgIpc) is 2.59. The quantitative estimate of drug-likeness (QED) is 0.865. The number of hydrogen-bond acceptors (Lipinski definition) is 3. The van der Waals surface area contributed by atoms with Crippen molar-refractivity contribution in [1.82, 2.24) is 0 Å². The molecule has 0 aliphatic heterocycles. The lowest BCUT2D eigenvalue weighted by molar-refractivity contribution is 0.268. The maximum absolute atomic E-state index is 8.98. The summed E-state index contributed by atoms with van der Waals surface area (Å²) in [6.07, 6.45) is 1.62. The predicted octanol–water partition coefficient (Wildman–Crippen LogP) is 2.19. The van der Waals surface area contributed by atoms with Gasteiger partial charge in [0.15, 0.2) is 0 Å². The van der Waals surface area contributed by atoms with Crippen LogP contribution in [0.1, 0.15) is 11.6 Å². The van der Waals surface area contributed by atoms with E-state index in [9.17, 15) is 0 Å². The van der Waals surface area contributed by atoms with E-state index in [0.717, 1.165) is 21.0 Å². The molecule has 0 saturated carbocycles. The molecule has 2 rings (SSSR count). The van der Waals surface area contributed by atoms with Gasteiger partial charge >= 0.3 is 0 Å². The SMILES string of the molecule is NC(CO)c1cccc2c(Br)coc12. The number of halogens is 1. The van der Waals surface area contributed by atoms with Gasteiger partial charge in [0.05, 0.1) is 17.1 Å². The molecular formula is C10H10BrNO2. The molecule has 0 spiro atoms. The largest absolute Gasteiger partial charge is 0.463 e. The van der Waals surface area contributed by atoms with Gasteiger partial charge in [0.2, 0.25) is 0 Å². The van der Waals surface area contributed by atoms with Crippen LogP contribution in [0.5, 0.6) is 0 Å². The molecule has 74 valence electrons. The zero-order valence-corrected chi connectivity index (χ0v) is 8.99. The maximum atomic E-state index is 8.98. The molecule has 1 aromatic carbocycles. The minimum atomic E-state index is -0.392. The number of furan rings is 1. The topological polar surface area (TPSA) is 59.4 Å². The van der Waals surface area contributed by atoms with Gasteiger partial charge in [0.25, 0.3) is 0 Å². The van der Waals surface area contributed by atoms with Gasteiger partial charge in [-0.25, -0.2) is 0 Å². The van der Waals surface area contributed by atoms with E-state index in [4.69, 9.17) is 15.3 Å². The smallest absolute Gasteiger partial charge is 0.139 e. The van der Waals surface area contributed by atoms with Crippen LogP contribution in [0.4, 0.5) is 0 Å². The molecule has 4 heteroatoms. The standard InChI is InChI=1S/C10H10BrNO2/c11-8-5-14-10-6(8)2-1-3-7(10)9(12)4-13/h1-3,5,9,13H,4,12H2. The van der Waals surface area contributed by atoms with Crippen molar-refractivity contribution in [3.8, 4) is 0 Å². The van der Waals surface area contributed by atoms with Gasteiger partial charge in [0.1, 0.15) is 11.8 Å². The number of rotatable bonds is 2. The lowest BCUT2D eigenvalue weighted by Gasteiger charge is -2.08. The molecule has 2 aromatic rings. The van der Waals surface area contributed by atoms with Crippen LogP contribution in [-0.2, 0) is 0 Å². The number of para-hydroxylation sites is 1. The van der Waals surface area contributed by atoms with Gasteiger partial charge in [-0.15, -0.1) is 0 Å². The first kappa shape index (κ1) is 9.71. The van der Waals surface area contributed by atoms with Crippen molar-refractivity contribution in [1.29, 1.82) is 0 Å². The molecular weight excluding hydrogens is 246 g/mol. The van der Waals surface area contributed by atoms with E-state index < -0.39 is 6.04 Å². The Hall–Kier alpha value is -0.840. The van der Waals surface area contributed by atoms with Crippen LogP contribution in [0.3, 0.4) is 0 Å². The Morgan fingerprint density at radius 2 is 2.29 bits per heavy atom. The first-order chi connectivity index (χ1) is 6.74. The summed E-state index contributed by atoms with van der Waals surface area (Å²) in [6.45, 7) is -0.0859. The number of aliphatic hydroxyl groups is 1. The van der Waals surface area contributed by atoms with E-state index >= 15 is 0 Å². The fraction of sp³-hybridized carbons (Fsp3) is 0.200. The second-order valence-electron chi connectivity index (χ2n) is 3.10. The number of hydrogen-bond donors (Lipinski definition) is 2. The van der Waals surface area contributed by atoms with Crippen LogP contribution in [0.15, 0.2) is 33.4 Å². The number of aliphatic hydroxyl groups excluding tert-OH is 1. The van der Waals surface area contributed by atoms with Gasteiger partial charge in [-0.3, -0.25) is 0 Å². The first-order valence-corrected chi connectivity index (χ1v) is 5.05. The highest BCUT2D eigenvalue weighted by molar-refractivity contribution is 9.10. The molecule has 0 bridgehead atoms. The number of nitrogens with two attached hydrogens (primary N) is 1. The summed E-state index contributed by atoms with van der Waals surface area (Å²) in [5.41, 5.74) is 7.31. The van der Waals surface area contributed by atoms with E-state index in [0.29, 0.717) is 0 Å². The fourth-order valence-electron chi connectivity index (χ4n) is 1.44. The highest BCUT2D eigenvalue weighted by Crippen LogP contribution is 2.30. The first-order valence-electron chi connectivity index (χ1n) is 4.26. The Morgan fingerprint density at radius 3 is 3.00 bits per heavy atom. The molecule has 1 unspecified atom stereocenters. The lowest BCUT2D eigenvalue weighted by Crippen LogP contribution is -2.14. The van der Waals surface area contributed by atoms with Crippen molar-refractivity contribution in [3.05, 3.63) is 34.5 Å². The summed E-state index contributed by atoms with van der Waals surface area (Å²) in [4.78, 5) is 0. The molecule has 0 saturated heterocycles. The molecule has 1 heterocycles. The van der Waals surface area contributed by atoms with Crippen LogP contribution in [0.2, 0.25) is 0 Å². The average molecular weight is 256 g/mol. The molecule has 1 aromatic heterocycles. The Morgan fingerprint density at radius 1 is 1.50 bits per heavy atom.